The topological polar surface area (TPSA) is 46.2 Å². The van der Waals surface area contributed by atoms with E-state index in [1.807, 2.05) is 0 Å². The number of rotatable bonds is 3. The van der Waals surface area contributed by atoms with Gasteiger partial charge in [-0.15, -0.1) is 6.58 Å². The minimum Gasteiger partial charge on any atom is -0.402 e. The highest BCUT2D eigenvalue weighted by molar-refractivity contribution is 5.00. The molecule has 0 aliphatic carbocycles. The standard InChI is InChI=1S/C6H11NO/c1-2-3-6(7)4-5-8/h2,4,8H,1,3,5,7H2. The van der Waals surface area contributed by atoms with Crippen molar-refractivity contribution in [1.82, 2.24) is 0 Å². The molecule has 0 spiro atoms. The Balaban J connectivity index is 3.44. The summed E-state index contributed by atoms with van der Waals surface area (Å²) in [7, 11) is 0. The zero-order valence-electron chi connectivity index (χ0n) is 4.80. The van der Waals surface area contributed by atoms with Crippen LogP contribution in [0, 0.1) is 0 Å². The van der Waals surface area contributed by atoms with E-state index in [1.54, 1.807) is 12.2 Å². The average molecular weight is 113 g/mol. The minimum absolute atomic E-state index is 0.0136. The Morgan fingerprint density at radius 2 is 2.38 bits per heavy atom. The second-order valence-corrected chi connectivity index (χ2v) is 1.45. The number of allylic oxidation sites excluding steroid dienone is 1. The van der Waals surface area contributed by atoms with Crippen molar-refractivity contribution in [2.45, 2.75) is 6.42 Å². The fourth-order valence-electron chi connectivity index (χ4n) is 0.367. The number of aliphatic hydroxyl groups is 1. The van der Waals surface area contributed by atoms with Gasteiger partial charge in [0.1, 0.15) is 0 Å². The summed E-state index contributed by atoms with van der Waals surface area (Å²) in [6.45, 7) is 3.49. The van der Waals surface area contributed by atoms with E-state index < -0.39 is 0 Å². The van der Waals surface area contributed by atoms with E-state index in [0.717, 1.165) is 0 Å². The molecular weight excluding hydrogens is 102 g/mol. The Hall–Kier alpha value is -0.760. The molecule has 0 unspecified atom stereocenters. The van der Waals surface area contributed by atoms with Gasteiger partial charge in [-0.1, -0.05) is 6.08 Å². The van der Waals surface area contributed by atoms with Crippen molar-refractivity contribution >= 4 is 0 Å². The van der Waals surface area contributed by atoms with Crippen molar-refractivity contribution in [3.63, 3.8) is 0 Å². The molecule has 0 aromatic rings. The molecule has 0 fully saturated rings. The number of hydrogen-bond acceptors (Lipinski definition) is 2. The summed E-state index contributed by atoms with van der Waals surface area (Å²) < 4.78 is 0. The summed E-state index contributed by atoms with van der Waals surface area (Å²) in [5.74, 6) is 0. The fraction of sp³-hybridized carbons (Fsp3) is 0.333. The Morgan fingerprint density at radius 3 is 2.75 bits per heavy atom. The molecule has 0 aliphatic heterocycles. The molecule has 0 saturated heterocycles. The lowest BCUT2D eigenvalue weighted by atomic mass is 10.3. The van der Waals surface area contributed by atoms with Crippen LogP contribution in [0.15, 0.2) is 24.4 Å². The van der Waals surface area contributed by atoms with Gasteiger partial charge in [0, 0.05) is 12.1 Å². The van der Waals surface area contributed by atoms with Gasteiger partial charge < -0.3 is 10.8 Å². The monoisotopic (exact) mass is 113 g/mol. The summed E-state index contributed by atoms with van der Waals surface area (Å²) >= 11 is 0. The molecule has 0 aromatic heterocycles. The van der Waals surface area contributed by atoms with Crippen LogP contribution < -0.4 is 5.73 Å². The molecule has 0 heterocycles. The lowest BCUT2D eigenvalue weighted by Crippen LogP contribution is -1.95. The lowest BCUT2D eigenvalue weighted by molar-refractivity contribution is 0.341. The molecule has 0 saturated carbocycles. The van der Waals surface area contributed by atoms with Gasteiger partial charge in [0.05, 0.1) is 6.61 Å². The van der Waals surface area contributed by atoms with Crippen molar-refractivity contribution in [3.8, 4) is 0 Å². The Bertz CT molecular complexity index is 96.7. The SMILES string of the molecule is C=CCC(N)=CCO. The first-order valence-corrected chi connectivity index (χ1v) is 2.47. The average Bonchev–Trinajstić information content (AvgIpc) is 1.68. The molecule has 0 bridgehead atoms. The van der Waals surface area contributed by atoms with Crippen LogP contribution in [0.4, 0.5) is 0 Å². The van der Waals surface area contributed by atoms with Crippen molar-refractivity contribution in [2.75, 3.05) is 6.61 Å². The zero-order valence-corrected chi connectivity index (χ0v) is 4.80. The maximum Gasteiger partial charge on any atom is 0.0631 e. The maximum atomic E-state index is 8.27. The summed E-state index contributed by atoms with van der Waals surface area (Å²) in [6, 6.07) is 0. The van der Waals surface area contributed by atoms with Gasteiger partial charge in [-0.05, 0) is 6.08 Å². The summed E-state index contributed by atoms with van der Waals surface area (Å²) in [5, 5.41) is 8.27. The van der Waals surface area contributed by atoms with Crippen molar-refractivity contribution < 1.29 is 5.11 Å². The molecule has 2 nitrogen and oxygen atoms in total. The quantitative estimate of drug-likeness (QED) is 0.520. The summed E-state index contributed by atoms with van der Waals surface area (Å²) in [6.07, 6.45) is 3.91. The summed E-state index contributed by atoms with van der Waals surface area (Å²) in [5.41, 5.74) is 5.99. The van der Waals surface area contributed by atoms with Gasteiger partial charge in [0.2, 0.25) is 0 Å². The second kappa shape index (κ2) is 4.40. The van der Waals surface area contributed by atoms with Gasteiger partial charge >= 0.3 is 0 Å². The normalized spacial score (nSPS) is 11.4. The second-order valence-electron chi connectivity index (χ2n) is 1.45. The molecular formula is C6H11NO. The fourth-order valence-corrected chi connectivity index (χ4v) is 0.367. The maximum absolute atomic E-state index is 8.27. The van der Waals surface area contributed by atoms with Gasteiger partial charge in [0.15, 0.2) is 0 Å². The van der Waals surface area contributed by atoms with E-state index in [0.29, 0.717) is 12.1 Å². The largest absolute Gasteiger partial charge is 0.402 e. The predicted octanol–water partition coefficient (Wildman–Crippen LogP) is 0.397. The number of nitrogens with two attached hydrogens (primary N) is 1. The molecule has 8 heavy (non-hydrogen) atoms. The lowest BCUT2D eigenvalue weighted by Gasteiger charge is -1.90. The number of aliphatic hydroxyl groups excluding tert-OH is 1. The van der Waals surface area contributed by atoms with Gasteiger partial charge in [-0.3, -0.25) is 0 Å². The first kappa shape index (κ1) is 7.24. The summed E-state index contributed by atoms with van der Waals surface area (Å²) in [4.78, 5) is 0. The molecule has 0 aliphatic rings. The van der Waals surface area contributed by atoms with E-state index in [-0.39, 0.29) is 6.61 Å². The first-order valence-electron chi connectivity index (χ1n) is 2.47. The molecule has 46 valence electrons. The molecule has 2 heteroatoms. The van der Waals surface area contributed by atoms with Gasteiger partial charge in [0.25, 0.3) is 0 Å². The molecule has 0 radical (unpaired) electrons. The van der Waals surface area contributed by atoms with E-state index in [2.05, 4.69) is 6.58 Å². The van der Waals surface area contributed by atoms with E-state index in [1.165, 1.54) is 0 Å². The van der Waals surface area contributed by atoms with Gasteiger partial charge in [-0.25, -0.2) is 0 Å². The van der Waals surface area contributed by atoms with E-state index >= 15 is 0 Å². The Labute approximate surface area is 49.3 Å². The van der Waals surface area contributed by atoms with E-state index in [4.69, 9.17) is 10.8 Å². The van der Waals surface area contributed by atoms with Crippen molar-refractivity contribution in [2.24, 2.45) is 5.73 Å². The third kappa shape index (κ3) is 3.43. The van der Waals surface area contributed by atoms with Crippen molar-refractivity contribution in [1.29, 1.82) is 0 Å². The predicted molar refractivity (Wildman–Crippen MR) is 34.2 cm³/mol. The molecule has 0 amide bonds. The Morgan fingerprint density at radius 1 is 1.75 bits per heavy atom. The zero-order chi connectivity index (χ0) is 6.41. The third-order valence-corrected chi connectivity index (χ3v) is 0.734. The first-order chi connectivity index (χ1) is 3.81. The molecule has 0 atom stereocenters. The highest BCUT2D eigenvalue weighted by atomic mass is 16.2. The van der Waals surface area contributed by atoms with Crippen LogP contribution >= 0.6 is 0 Å². The van der Waals surface area contributed by atoms with Crippen LogP contribution in [0.1, 0.15) is 6.42 Å². The highest BCUT2D eigenvalue weighted by Gasteiger charge is 1.80. The van der Waals surface area contributed by atoms with Crippen LogP contribution in [0.25, 0.3) is 0 Å². The van der Waals surface area contributed by atoms with Crippen LogP contribution in [0.2, 0.25) is 0 Å². The van der Waals surface area contributed by atoms with Crippen LogP contribution in [0.5, 0.6) is 0 Å². The highest BCUT2D eigenvalue weighted by Crippen LogP contribution is 1.89. The molecule has 3 N–H and O–H groups in total. The molecule has 0 rings (SSSR count). The van der Waals surface area contributed by atoms with Crippen LogP contribution in [0.3, 0.4) is 0 Å². The number of hydrogen-bond donors (Lipinski definition) is 2. The Kier molecular flexibility index (Phi) is 3.98. The van der Waals surface area contributed by atoms with Gasteiger partial charge in [-0.2, -0.15) is 0 Å². The van der Waals surface area contributed by atoms with Crippen molar-refractivity contribution in [3.05, 3.63) is 24.4 Å². The van der Waals surface area contributed by atoms with E-state index in [9.17, 15) is 0 Å². The van der Waals surface area contributed by atoms with Crippen LogP contribution in [-0.4, -0.2) is 11.7 Å². The molecule has 0 aromatic carbocycles. The van der Waals surface area contributed by atoms with Crippen LogP contribution in [-0.2, 0) is 0 Å². The minimum atomic E-state index is 0.0136. The third-order valence-electron chi connectivity index (χ3n) is 0.734. The smallest absolute Gasteiger partial charge is 0.0631 e.